The Morgan fingerprint density at radius 2 is 2.22 bits per heavy atom. The lowest BCUT2D eigenvalue weighted by Crippen LogP contribution is -2.09. The van der Waals surface area contributed by atoms with Crippen LogP contribution < -0.4 is 5.32 Å². The first kappa shape index (κ1) is 13.1. The van der Waals surface area contributed by atoms with Crippen LogP contribution in [0.5, 0.6) is 0 Å². The van der Waals surface area contributed by atoms with Gasteiger partial charge in [0.15, 0.2) is 0 Å². The van der Waals surface area contributed by atoms with E-state index < -0.39 is 0 Å². The summed E-state index contributed by atoms with van der Waals surface area (Å²) in [6.07, 6.45) is 1.79. The molecule has 1 aromatic heterocycles. The van der Waals surface area contributed by atoms with E-state index in [-0.39, 0.29) is 5.82 Å². The molecule has 0 aliphatic rings. The molecule has 2 rings (SSSR count). The first-order valence-electron chi connectivity index (χ1n) is 5.72. The van der Waals surface area contributed by atoms with E-state index in [9.17, 15) is 4.39 Å². The predicted octanol–water partition coefficient (Wildman–Crippen LogP) is 2.75. The summed E-state index contributed by atoms with van der Waals surface area (Å²) >= 11 is 6.01. The molecule has 0 saturated carbocycles. The third kappa shape index (κ3) is 2.54. The molecule has 0 spiro atoms. The average Bonchev–Trinajstić information content (AvgIpc) is 2.67. The lowest BCUT2D eigenvalue weighted by atomic mass is 10.2. The molecule has 1 N–H and O–H groups in total. The van der Waals surface area contributed by atoms with Crippen molar-refractivity contribution in [1.82, 2.24) is 15.1 Å². The minimum Gasteiger partial charge on any atom is -0.316 e. The van der Waals surface area contributed by atoms with E-state index in [1.807, 2.05) is 14.0 Å². The summed E-state index contributed by atoms with van der Waals surface area (Å²) in [5.41, 5.74) is 2.59. The van der Waals surface area contributed by atoms with Gasteiger partial charge in [-0.2, -0.15) is 5.10 Å². The number of hydrogen-bond acceptors (Lipinski definition) is 2. The van der Waals surface area contributed by atoms with E-state index in [1.54, 1.807) is 23.0 Å². The lowest BCUT2D eigenvalue weighted by molar-refractivity contribution is 0.580. The fraction of sp³-hybridized carbons (Fsp3) is 0.308. The number of rotatable bonds is 4. The van der Waals surface area contributed by atoms with Crippen LogP contribution in [0.1, 0.15) is 16.8 Å². The van der Waals surface area contributed by atoms with Crippen LogP contribution in [0.15, 0.2) is 24.4 Å². The second-order valence-electron chi connectivity index (χ2n) is 4.14. The molecule has 0 atom stereocenters. The molecule has 18 heavy (non-hydrogen) atoms. The minimum atomic E-state index is -0.299. The Morgan fingerprint density at radius 3 is 2.89 bits per heavy atom. The zero-order valence-electron chi connectivity index (χ0n) is 10.4. The highest BCUT2D eigenvalue weighted by Gasteiger charge is 2.11. The summed E-state index contributed by atoms with van der Waals surface area (Å²) in [7, 11) is 1.88. The monoisotopic (exact) mass is 267 g/mol. The smallest absolute Gasteiger partial charge is 0.129 e. The van der Waals surface area contributed by atoms with Crippen molar-refractivity contribution in [2.75, 3.05) is 7.05 Å². The third-order valence-corrected chi connectivity index (χ3v) is 3.30. The molecule has 0 saturated heterocycles. The normalized spacial score (nSPS) is 10.9. The molecular formula is C13H15ClFN3. The van der Waals surface area contributed by atoms with Crippen molar-refractivity contribution in [2.24, 2.45) is 0 Å². The highest BCUT2D eigenvalue weighted by Crippen LogP contribution is 2.21. The summed E-state index contributed by atoms with van der Waals surface area (Å²) in [4.78, 5) is 0. The molecule has 0 radical (unpaired) electrons. The molecular weight excluding hydrogens is 253 g/mol. The van der Waals surface area contributed by atoms with Crippen molar-refractivity contribution in [3.05, 3.63) is 52.1 Å². The van der Waals surface area contributed by atoms with Crippen LogP contribution >= 0.6 is 11.6 Å². The van der Waals surface area contributed by atoms with Crippen LogP contribution in [0.3, 0.4) is 0 Å². The van der Waals surface area contributed by atoms with Gasteiger partial charge in [0.1, 0.15) is 5.82 Å². The van der Waals surface area contributed by atoms with Crippen LogP contribution in [0.4, 0.5) is 4.39 Å². The Bertz CT molecular complexity index is 531. The summed E-state index contributed by atoms with van der Waals surface area (Å²) < 4.78 is 15.4. The molecule has 5 heteroatoms. The van der Waals surface area contributed by atoms with Crippen LogP contribution in [-0.4, -0.2) is 16.8 Å². The molecule has 0 aliphatic heterocycles. The number of benzene rings is 1. The van der Waals surface area contributed by atoms with Gasteiger partial charge in [0.2, 0.25) is 0 Å². The van der Waals surface area contributed by atoms with E-state index in [1.165, 1.54) is 6.07 Å². The molecule has 3 nitrogen and oxygen atoms in total. The van der Waals surface area contributed by atoms with Crippen LogP contribution in [0, 0.1) is 12.7 Å². The highest BCUT2D eigenvalue weighted by molar-refractivity contribution is 6.31. The van der Waals surface area contributed by atoms with E-state index in [2.05, 4.69) is 10.4 Å². The third-order valence-electron chi connectivity index (χ3n) is 2.94. The molecule has 0 fully saturated rings. The quantitative estimate of drug-likeness (QED) is 0.923. The Labute approximate surface area is 111 Å². The second kappa shape index (κ2) is 5.50. The first-order chi connectivity index (χ1) is 8.63. The number of nitrogens with one attached hydrogen (secondary N) is 1. The molecule has 1 heterocycles. The topological polar surface area (TPSA) is 29.9 Å². The maximum absolute atomic E-state index is 13.7. The van der Waals surface area contributed by atoms with E-state index in [0.29, 0.717) is 17.1 Å². The molecule has 0 unspecified atom stereocenters. The van der Waals surface area contributed by atoms with Crippen molar-refractivity contribution in [2.45, 2.75) is 20.0 Å². The summed E-state index contributed by atoms with van der Waals surface area (Å²) in [6, 6.07) is 4.70. The van der Waals surface area contributed by atoms with Crippen LogP contribution in [0.2, 0.25) is 5.02 Å². The van der Waals surface area contributed by atoms with Gasteiger partial charge in [0, 0.05) is 28.4 Å². The van der Waals surface area contributed by atoms with Gasteiger partial charge in [-0.15, -0.1) is 0 Å². The lowest BCUT2D eigenvalue weighted by Gasteiger charge is -2.08. The SMILES string of the molecule is CNCc1cnn(Cc2c(F)cccc2Cl)c1C. The van der Waals surface area contributed by atoms with Crippen molar-refractivity contribution in [1.29, 1.82) is 0 Å². The summed E-state index contributed by atoms with van der Waals surface area (Å²) in [5, 5.41) is 7.77. The first-order valence-corrected chi connectivity index (χ1v) is 6.10. The fourth-order valence-electron chi connectivity index (χ4n) is 1.84. The van der Waals surface area contributed by atoms with E-state index in [4.69, 9.17) is 11.6 Å². The number of hydrogen-bond donors (Lipinski definition) is 1. The van der Waals surface area contributed by atoms with Gasteiger partial charge in [-0.3, -0.25) is 4.68 Å². The van der Waals surface area contributed by atoms with Crippen LogP contribution in [-0.2, 0) is 13.1 Å². The maximum atomic E-state index is 13.7. The Balaban J connectivity index is 2.29. The molecule has 2 aromatic rings. The number of halogens is 2. The predicted molar refractivity (Wildman–Crippen MR) is 70.2 cm³/mol. The van der Waals surface area contributed by atoms with Gasteiger partial charge < -0.3 is 5.32 Å². The van der Waals surface area contributed by atoms with Crippen molar-refractivity contribution >= 4 is 11.6 Å². The van der Waals surface area contributed by atoms with E-state index >= 15 is 0 Å². The molecule has 96 valence electrons. The maximum Gasteiger partial charge on any atom is 0.129 e. The van der Waals surface area contributed by atoms with Gasteiger partial charge in [-0.25, -0.2) is 4.39 Å². The van der Waals surface area contributed by atoms with Gasteiger partial charge in [0.05, 0.1) is 12.7 Å². The Morgan fingerprint density at radius 1 is 1.44 bits per heavy atom. The second-order valence-corrected chi connectivity index (χ2v) is 4.55. The molecule has 0 bridgehead atoms. The van der Waals surface area contributed by atoms with Gasteiger partial charge in [0.25, 0.3) is 0 Å². The Hall–Kier alpha value is -1.39. The zero-order valence-corrected chi connectivity index (χ0v) is 11.1. The van der Waals surface area contributed by atoms with Crippen molar-refractivity contribution < 1.29 is 4.39 Å². The van der Waals surface area contributed by atoms with Gasteiger partial charge >= 0.3 is 0 Å². The fourth-order valence-corrected chi connectivity index (χ4v) is 2.06. The van der Waals surface area contributed by atoms with Gasteiger partial charge in [-0.05, 0) is 26.1 Å². The van der Waals surface area contributed by atoms with E-state index in [0.717, 1.165) is 17.8 Å². The summed E-state index contributed by atoms with van der Waals surface area (Å²) in [6.45, 7) is 3.06. The van der Waals surface area contributed by atoms with Crippen molar-refractivity contribution in [3.63, 3.8) is 0 Å². The number of nitrogens with zero attached hydrogens (tertiary/aromatic N) is 2. The minimum absolute atomic E-state index is 0.299. The Kier molecular flexibility index (Phi) is 3.99. The van der Waals surface area contributed by atoms with Crippen LogP contribution in [0.25, 0.3) is 0 Å². The molecule has 0 aliphatic carbocycles. The molecule has 1 aromatic carbocycles. The molecule has 0 amide bonds. The van der Waals surface area contributed by atoms with Crippen molar-refractivity contribution in [3.8, 4) is 0 Å². The standard InChI is InChI=1S/C13H15ClFN3/c1-9-10(6-16-2)7-17-18(9)8-11-12(14)4-3-5-13(11)15/h3-5,7,16H,6,8H2,1-2H3. The number of aromatic nitrogens is 2. The average molecular weight is 268 g/mol. The largest absolute Gasteiger partial charge is 0.316 e. The zero-order chi connectivity index (χ0) is 13.1. The summed E-state index contributed by atoms with van der Waals surface area (Å²) in [5.74, 6) is -0.299. The van der Waals surface area contributed by atoms with Gasteiger partial charge in [-0.1, -0.05) is 17.7 Å². The highest BCUT2D eigenvalue weighted by atomic mass is 35.5.